The van der Waals surface area contributed by atoms with Crippen molar-refractivity contribution < 1.29 is 5.11 Å². The molecular formula is C16H22N4OS. The van der Waals surface area contributed by atoms with Crippen molar-refractivity contribution in [1.29, 1.82) is 0 Å². The van der Waals surface area contributed by atoms with Gasteiger partial charge in [0.25, 0.3) is 0 Å². The van der Waals surface area contributed by atoms with Crippen molar-refractivity contribution >= 4 is 23.3 Å². The minimum Gasteiger partial charge on any atom is -0.399 e. The van der Waals surface area contributed by atoms with Gasteiger partial charge in [-0.05, 0) is 44.4 Å². The first kappa shape index (κ1) is 16.6. The second-order valence-electron chi connectivity index (χ2n) is 5.45. The Bertz CT molecular complexity index is 629. The van der Waals surface area contributed by atoms with Crippen LogP contribution in [0.1, 0.15) is 19.5 Å². The molecule has 0 saturated heterocycles. The Morgan fingerprint density at radius 1 is 1.23 bits per heavy atom. The molecule has 0 saturated carbocycles. The number of nitrogens with two attached hydrogens (primary N) is 1. The molecule has 6 heteroatoms. The lowest BCUT2D eigenvalue weighted by Crippen LogP contribution is -2.16. The summed E-state index contributed by atoms with van der Waals surface area (Å²) in [5, 5.41) is 12.1. The summed E-state index contributed by atoms with van der Waals surface area (Å²) < 4.78 is -0.124. The van der Waals surface area contributed by atoms with Gasteiger partial charge in [0.1, 0.15) is 5.82 Å². The summed E-state index contributed by atoms with van der Waals surface area (Å²) in [5.41, 5.74) is 8.31. The Kier molecular flexibility index (Phi) is 5.26. The molecular weight excluding hydrogens is 296 g/mol. The smallest absolute Gasteiger partial charge is 0.161 e. The zero-order valence-electron chi connectivity index (χ0n) is 13.1. The standard InChI is InChI=1S/C16H22N4OS/c1-16(2,22-3)13-10-14(18-8-9-21)20-15(19-13)11-4-6-12(17)7-5-11/h4-7,10,21H,8-9,17H2,1-3H3,(H,18,19,20). The normalized spacial score (nSPS) is 11.5. The first-order valence-electron chi connectivity index (χ1n) is 7.11. The lowest BCUT2D eigenvalue weighted by atomic mass is 10.1. The third-order valence-corrected chi connectivity index (χ3v) is 4.67. The molecule has 118 valence electrons. The van der Waals surface area contributed by atoms with Gasteiger partial charge in [-0.2, -0.15) is 11.8 Å². The fourth-order valence-corrected chi connectivity index (χ4v) is 2.21. The van der Waals surface area contributed by atoms with E-state index < -0.39 is 0 Å². The number of aliphatic hydroxyl groups excluding tert-OH is 1. The van der Waals surface area contributed by atoms with E-state index in [4.69, 9.17) is 15.8 Å². The van der Waals surface area contributed by atoms with Crippen LogP contribution in [0.5, 0.6) is 0 Å². The molecule has 0 aliphatic rings. The Labute approximate surface area is 135 Å². The highest BCUT2D eigenvalue weighted by Crippen LogP contribution is 2.34. The van der Waals surface area contributed by atoms with Crippen molar-refractivity contribution in [2.24, 2.45) is 0 Å². The maximum Gasteiger partial charge on any atom is 0.161 e. The maximum absolute atomic E-state index is 9.00. The molecule has 0 aliphatic heterocycles. The molecule has 0 radical (unpaired) electrons. The van der Waals surface area contributed by atoms with E-state index in [9.17, 15) is 0 Å². The third-order valence-electron chi connectivity index (χ3n) is 3.44. The third kappa shape index (κ3) is 3.90. The van der Waals surface area contributed by atoms with Gasteiger partial charge in [-0.25, -0.2) is 9.97 Å². The monoisotopic (exact) mass is 318 g/mol. The van der Waals surface area contributed by atoms with Gasteiger partial charge < -0.3 is 16.2 Å². The molecule has 0 aliphatic carbocycles. The number of hydrogen-bond acceptors (Lipinski definition) is 6. The molecule has 1 aromatic carbocycles. The summed E-state index contributed by atoms with van der Waals surface area (Å²) in [4.78, 5) is 9.24. The first-order chi connectivity index (χ1) is 10.5. The molecule has 0 amide bonds. The van der Waals surface area contributed by atoms with E-state index in [1.807, 2.05) is 30.3 Å². The largest absolute Gasteiger partial charge is 0.399 e. The van der Waals surface area contributed by atoms with Gasteiger partial charge in [-0.1, -0.05) is 0 Å². The number of aromatic nitrogens is 2. The Balaban J connectivity index is 2.48. The highest BCUT2D eigenvalue weighted by molar-refractivity contribution is 7.99. The molecule has 5 nitrogen and oxygen atoms in total. The second kappa shape index (κ2) is 6.98. The van der Waals surface area contributed by atoms with Crippen LogP contribution < -0.4 is 11.1 Å². The van der Waals surface area contributed by atoms with E-state index in [1.54, 1.807) is 11.8 Å². The minimum atomic E-state index is -0.124. The molecule has 22 heavy (non-hydrogen) atoms. The molecule has 1 aromatic heterocycles. The Morgan fingerprint density at radius 2 is 1.91 bits per heavy atom. The summed E-state index contributed by atoms with van der Waals surface area (Å²) in [6.07, 6.45) is 2.06. The van der Waals surface area contributed by atoms with Crippen LogP contribution in [0.3, 0.4) is 0 Å². The average molecular weight is 318 g/mol. The van der Waals surface area contributed by atoms with E-state index in [2.05, 4.69) is 30.4 Å². The van der Waals surface area contributed by atoms with E-state index in [-0.39, 0.29) is 11.4 Å². The van der Waals surface area contributed by atoms with Crippen LogP contribution in [0, 0.1) is 0 Å². The zero-order valence-corrected chi connectivity index (χ0v) is 13.9. The topological polar surface area (TPSA) is 84.1 Å². The maximum atomic E-state index is 9.00. The number of thioether (sulfide) groups is 1. The minimum absolute atomic E-state index is 0.0580. The zero-order chi connectivity index (χ0) is 16.2. The lowest BCUT2D eigenvalue weighted by Gasteiger charge is -2.22. The van der Waals surface area contributed by atoms with Crippen LogP contribution >= 0.6 is 11.8 Å². The summed E-state index contributed by atoms with van der Waals surface area (Å²) in [5.74, 6) is 1.37. The summed E-state index contributed by atoms with van der Waals surface area (Å²) >= 11 is 1.73. The second-order valence-corrected chi connectivity index (χ2v) is 6.88. The van der Waals surface area contributed by atoms with Gasteiger partial charge in [-0.3, -0.25) is 0 Å². The summed E-state index contributed by atoms with van der Waals surface area (Å²) in [6.45, 7) is 4.77. The summed E-state index contributed by atoms with van der Waals surface area (Å²) in [6, 6.07) is 9.44. The highest BCUT2D eigenvalue weighted by Gasteiger charge is 2.22. The van der Waals surface area contributed by atoms with E-state index >= 15 is 0 Å². The van der Waals surface area contributed by atoms with Crippen molar-refractivity contribution in [3.63, 3.8) is 0 Å². The van der Waals surface area contributed by atoms with Crippen LogP contribution in [-0.4, -0.2) is 34.5 Å². The SMILES string of the molecule is CSC(C)(C)c1cc(NCCO)nc(-c2ccc(N)cc2)n1. The van der Waals surface area contributed by atoms with Crippen LogP contribution in [0.15, 0.2) is 30.3 Å². The Hall–Kier alpha value is -1.79. The molecule has 0 spiro atoms. The predicted octanol–water partition coefficient (Wildman–Crippen LogP) is 2.73. The van der Waals surface area contributed by atoms with Crippen molar-refractivity contribution in [3.8, 4) is 11.4 Å². The van der Waals surface area contributed by atoms with Gasteiger partial charge in [0.2, 0.25) is 0 Å². The molecule has 0 unspecified atom stereocenters. The van der Waals surface area contributed by atoms with Crippen molar-refractivity contribution in [3.05, 3.63) is 36.0 Å². The molecule has 1 heterocycles. The molecule has 0 fully saturated rings. The first-order valence-corrected chi connectivity index (χ1v) is 8.34. The molecule has 0 atom stereocenters. The van der Waals surface area contributed by atoms with E-state index in [1.165, 1.54) is 0 Å². The number of nitrogen functional groups attached to an aromatic ring is 1. The van der Waals surface area contributed by atoms with Crippen LogP contribution in [-0.2, 0) is 4.75 Å². The fraction of sp³-hybridized carbons (Fsp3) is 0.375. The van der Waals surface area contributed by atoms with Crippen LogP contribution in [0.25, 0.3) is 11.4 Å². The lowest BCUT2D eigenvalue weighted by molar-refractivity contribution is 0.311. The van der Waals surface area contributed by atoms with Crippen LogP contribution in [0.2, 0.25) is 0 Å². The van der Waals surface area contributed by atoms with Crippen molar-refractivity contribution in [2.45, 2.75) is 18.6 Å². The van der Waals surface area contributed by atoms with Gasteiger partial charge in [0.15, 0.2) is 5.82 Å². The van der Waals surface area contributed by atoms with Gasteiger partial charge in [0, 0.05) is 23.9 Å². The number of hydrogen-bond donors (Lipinski definition) is 3. The molecule has 0 bridgehead atoms. The quantitative estimate of drug-likeness (QED) is 0.710. The molecule has 2 aromatic rings. The van der Waals surface area contributed by atoms with Crippen LogP contribution in [0.4, 0.5) is 11.5 Å². The fourth-order valence-electron chi connectivity index (χ4n) is 1.90. The molecule has 4 N–H and O–H groups in total. The van der Waals surface area contributed by atoms with E-state index in [0.717, 1.165) is 11.3 Å². The van der Waals surface area contributed by atoms with Crippen molar-refractivity contribution in [2.75, 3.05) is 30.5 Å². The van der Waals surface area contributed by atoms with Gasteiger partial charge in [0.05, 0.1) is 17.0 Å². The predicted molar refractivity (Wildman–Crippen MR) is 94.0 cm³/mol. The van der Waals surface area contributed by atoms with Crippen molar-refractivity contribution in [1.82, 2.24) is 9.97 Å². The highest BCUT2D eigenvalue weighted by atomic mass is 32.2. The van der Waals surface area contributed by atoms with Gasteiger partial charge in [-0.15, -0.1) is 0 Å². The number of nitrogens with zero attached hydrogens (tertiary/aromatic N) is 2. The van der Waals surface area contributed by atoms with E-state index in [0.29, 0.717) is 23.9 Å². The summed E-state index contributed by atoms with van der Waals surface area (Å²) in [7, 11) is 0. The Morgan fingerprint density at radius 3 is 2.50 bits per heavy atom. The van der Waals surface area contributed by atoms with Gasteiger partial charge >= 0.3 is 0 Å². The number of nitrogens with one attached hydrogen (secondary N) is 1. The number of rotatable bonds is 6. The number of aliphatic hydroxyl groups is 1. The number of anilines is 2. The average Bonchev–Trinajstić information content (AvgIpc) is 2.53. The molecule has 2 rings (SSSR count). The number of benzene rings is 1.